The van der Waals surface area contributed by atoms with Gasteiger partial charge in [-0.2, -0.15) is 0 Å². The SMILES string of the molecule is CCOCN1C(=O)c2ccccc2C1O. The first kappa shape index (κ1) is 10.1. The molecule has 1 aliphatic rings. The molecule has 4 nitrogen and oxygen atoms in total. The van der Waals surface area contributed by atoms with Crippen LogP contribution in [0.1, 0.15) is 29.1 Å². The van der Waals surface area contributed by atoms with Crippen molar-refractivity contribution >= 4 is 5.91 Å². The van der Waals surface area contributed by atoms with Crippen LogP contribution in [0.4, 0.5) is 0 Å². The molecule has 0 saturated heterocycles. The Morgan fingerprint density at radius 2 is 2.20 bits per heavy atom. The molecule has 80 valence electrons. The highest BCUT2D eigenvalue weighted by atomic mass is 16.5. The molecule has 0 aromatic heterocycles. The fourth-order valence-corrected chi connectivity index (χ4v) is 1.67. The van der Waals surface area contributed by atoms with Gasteiger partial charge in [0.05, 0.1) is 0 Å². The van der Waals surface area contributed by atoms with Crippen molar-refractivity contribution in [2.24, 2.45) is 0 Å². The smallest absolute Gasteiger partial charge is 0.258 e. The molecule has 15 heavy (non-hydrogen) atoms. The Balaban J connectivity index is 2.25. The van der Waals surface area contributed by atoms with E-state index in [9.17, 15) is 9.90 Å². The Hall–Kier alpha value is -1.39. The van der Waals surface area contributed by atoms with Gasteiger partial charge in [0, 0.05) is 17.7 Å². The number of hydrogen-bond acceptors (Lipinski definition) is 3. The summed E-state index contributed by atoms with van der Waals surface area (Å²) in [6.45, 7) is 2.50. The lowest BCUT2D eigenvalue weighted by Crippen LogP contribution is -2.30. The maximum absolute atomic E-state index is 11.8. The van der Waals surface area contributed by atoms with Crippen molar-refractivity contribution in [2.75, 3.05) is 13.3 Å². The van der Waals surface area contributed by atoms with Gasteiger partial charge in [-0.3, -0.25) is 9.69 Å². The minimum atomic E-state index is -0.875. The summed E-state index contributed by atoms with van der Waals surface area (Å²) in [6, 6.07) is 7.06. The maximum atomic E-state index is 11.8. The summed E-state index contributed by atoms with van der Waals surface area (Å²) < 4.78 is 5.13. The number of hydrogen-bond donors (Lipinski definition) is 1. The normalized spacial score (nSPS) is 19.5. The Morgan fingerprint density at radius 3 is 2.87 bits per heavy atom. The third-order valence-electron chi connectivity index (χ3n) is 2.46. The quantitative estimate of drug-likeness (QED) is 0.808. The molecular weight excluding hydrogens is 194 g/mol. The van der Waals surface area contributed by atoms with E-state index < -0.39 is 6.23 Å². The Morgan fingerprint density at radius 1 is 1.47 bits per heavy atom. The fraction of sp³-hybridized carbons (Fsp3) is 0.364. The van der Waals surface area contributed by atoms with Crippen LogP contribution in [0.3, 0.4) is 0 Å². The van der Waals surface area contributed by atoms with Gasteiger partial charge in [0.1, 0.15) is 6.73 Å². The van der Waals surface area contributed by atoms with Crippen LogP contribution in [0.2, 0.25) is 0 Å². The second-order valence-electron chi connectivity index (χ2n) is 3.36. The van der Waals surface area contributed by atoms with Crippen LogP contribution < -0.4 is 0 Å². The van der Waals surface area contributed by atoms with Crippen LogP contribution in [-0.4, -0.2) is 29.3 Å². The van der Waals surface area contributed by atoms with E-state index in [0.29, 0.717) is 17.7 Å². The number of rotatable bonds is 3. The lowest BCUT2D eigenvalue weighted by molar-refractivity contribution is -0.0436. The standard InChI is InChI=1S/C11H13NO3/c1-2-15-7-12-10(13)8-5-3-4-6-9(8)11(12)14/h3-6,10,13H,2,7H2,1H3. The van der Waals surface area contributed by atoms with E-state index in [1.165, 1.54) is 4.90 Å². The molecule has 0 fully saturated rings. The fourth-order valence-electron chi connectivity index (χ4n) is 1.67. The number of carbonyl (C=O) groups is 1. The zero-order chi connectivity index (χ0) is 10.8. The zero-order valence-electron chi connectivity index (χ0n) is 8.51. The van der Waals surface area contributed by atoms with Crippen molar-refractivity contribution in [3.05, 3.63) is 35.4 Å². The Labute approximate surface area is 88.1 Å². The van der Waals surface area contributed by atoms with E-state index in [1.54, 1.807) is 24.3 Å². The molecule has 1 N–H and O–H groups in total. The van der Waals surface area contributed by atoms with E-state index in [0.717, 1.165) is 0 Å². The van der Waals surface area contributed by atoms with E-state index in [-0.39, 0.29) is 12.6 Å². The molecule has 0 radical (unpaired) electrons. The molecule has 0 bridgehead atoms. The number of nitrogens with zero attached hydrogens (tertiary/aromatic N) is 1. The largest absolute Gasteiger partial charge is 0.369 e. The summed E-state index contributed by atoms with van der Waals surface area (Å²) in [6.07, 6.45) is -0.875. The summed E-state index contributed by atoms with van der Waals surface area (Å²) in [5, 5.41) is 9.86. The molecule has 1 heterocycles. The average Bonchev–Trinajstić information content (AvgIpc) is 2.51. The van der Waals surface area contributed by atoms with E-state index in [2.05, 4.69) is 0 Å². The number of fused-ring (bicyclic) bond motifs is 1. The van der Waals surface area contributed by atoms with Gasteiger partial charge in [-0.05, 0) is 13.0 Å². The molecule has 1 aromatic carbocycles. The van der Waals surface area contributed by atoms with Gasteiger partial charge in [0.15, 0.2) is 6.23 Å². The molecule has 4 heteroatoms. The molecule has 2 rings (SSSR count). The number of aliphatic hydroxyl groups is 1. The second-order valence-corrected chi connectivity index (χ2v) is 3.36. The topological polar surface area (TPSA) is 49.8 Å². The van der Waals surface area contributed by atoms with E-state index >= 15 is 0 Å². The summed E-state index contributed by atoms with van der Waals surface area (Å²) in [5.74, 6) is -0.174. The number of amides is 1. The molecule has 1 aliphatic heterocycles. The minimum absolute atomic E-state index is 0.130. The first-order valence-electron chi connectivity index (χ1n) is 4.91. The molecule has 1 aromatic rings. The van der Waals surface area contributed by atoms with Crippen molar-refractivity contribution in [1.29, 1.82) is 0 Å². The lowest BCUT2D eigenvalue weighted by atomic mass is 10.1. The molecular formula is C11H13NO3. The summed E-state index contributed by atoms with van der Waals surface area (Å²) >= 11 is 0. The molecule has 1 atom stereocenters. The summed E-state index contributed by atoms with van der Waals surface area (Å²) in [7, 11) is 0. The van der Waals surface area contributed by atoms with Crippen molar-refractivity contribution in [3.63, 3.8) is 0 Å². The van der Waals surface area contributed by atoms with Crippen molar-refractivity contribution < 1.29 is 14.6 Å². The predicted molar refractivity (Wildman–Crippen MR) is 54.1 cm³/mol. The maximum Gasteiger partial charge on any atom is 0.258 e. The first-order chi connectivity index (χ1) is 7.25. The van der Waals surface area contributed by atoms with Crippen LogP contribution in [0.15, 0.2) is 24.3 Å². The predicted octanol–water partition coefficient (Wildman–Crippen LogP) is 1.13. The van der Waals surface area contributed by atoms with E-state index in [4.69, 9.17) is 4.74 Å². The highest BCUT2D eigenvalue weighted by Gasteiger charge is 2.34. The summed E-state index contributed by atoms with van der Waals surface area (Å²) in [5.41, 5.74) is 1.21. The first-order valence-corrected chi connectivity index (χ1v) is 4.91. The molecule has 1 unspecified atom stereocenters. The van der Waals surface area contributed by atoms with Crippen LogP contribution in [0, 0.1) is 0 Å². The van der Waals surface area contributed by atoms with Gasteiger partial charge in [0.2, 0.25) is 0 Å². The average molecular weight is 207 g/mol. The molecule has 1 amide bonds. The van der Waals surface area contributed by atoms with Crippen molar-refractivity contribution in [3.8, 4) is 0 Å². The zero-order valence-corrected chi connectivity index (χ0v) is 8.51. The highest BCUT2D eigenvalue weighted by molar-refractivity contribution is 5.98. The lowest BCUT2D eigenvalue weighted by Gasteiger charge is -2.19. The van der Waals surface area contributed by atoms with Gasteiger partial charge in [-0.15, -0.1) is 0 Å². The van der Waals surface area contributed by atoms with Gasteiger partial charge in [-0.25, -0.2) is 0 Å². The van der Waals surface area contributed by atoms with Crippen LogP contribution in [-0.2, 0) is 4.74 Å². The van der Waals surface area contributed by atoms with E-state index in [1.807, 2.05) is 6.92 Å². The van der Waals surface area contributed by atoms with Gasteiger partial charge < -0.3 is 9.84 Å². The number of aliphatic hydroxyl groups excluding tert-OH is 1. The van der Waals surface area contributed by atoms with Crippen molar-refractivity contribution in [1.82, 2.24) is 4.90 Å². The van der Waals surface area contributed by atoms with Crippen LogP contribution in [0.5, 0.6) is 0 Å². The molecule has 0 aliphatic carbocycles. The van der Waals surface area contributed by atoms with Crippen LogP contribution >= 0.6 is 0 Å². The summed E-state index contributed by atoms with van der Waals surface area (Å²) in [4.78, 5) is 13.1. The van der Waals surface area contributed by atoms with Gasteiger partial charge >= 0.3 is 0 Å². The van der Waals surface area contributed by atoms with Gasteiger partial charge in [0.25, 0.3) is 5.91 Å². The Kier molecular flexibility index (Phi) is 2.70. The number of ether oxygens (including phenoxy) is 1. The monoisotopic (exact) mass is 207 g/mol. The second kappa shape index (κ2) is 4.00. The highest BCUT2D eigenvalue weighted by Crippen LogP contribution is 2.30. The van der Waals surface area contributed by atoms with Gasteiger partial charge in [-0.1, -0.05) is 18.2 Å². The molecule has 0 saturated carbocycles. The number of benzene rings is 1. The Bertz CT molecular complexity index is 378. The third kappa shape index (κ3) is 1.62. The van der Waals surface area contributed by atoms with Crippen molar-refractivity contribution in [2.45, 2.75) is 13.2 Å². The number of carbonyl (C=O) groups excluding carboxylic acids is 1. The van der Waals surface area contributed by atoms with Crippen LogP contribution in [0.25, 0.3) is 0 Å². The third-order valence-corrected chi connectivity index (χ3v) is 2.46. The minimum Gasteiger partial charge on any atom is -0.369 e. The molecule has 0 spiro atoms.